The topological polar surface area (TPSA) is 29.1 Å². The third-order valence-corrected chi connectivity index (χ3v) is 2.45. The molecule has 9 heavy (non-hydrogen) atoms. The molecule has 0 unspecified atom stereocenters. The number of hydrogen-bond acceptors (Lipinski definition) is 2. The van der Waals surface area contributed by atoms with Gasteiger partial charge in [0.1, 0.15) is 5.78 Å². The van der Waals surface area contributed by atoms with Crippen LogP contribution in [0.3, 0.4) is 0 Å². The van der Waals surface area contributed by atoms with Crippen molar-refractivity contribution in [3.8, 4) is 0 Å². The monoisotopic (exact) mass is 125 g/mol. The lowest BCUT2D eigenvalue weighted by Gasteiger charge is -2.17. The third kappa shape index (κ3) is 0.697. The number of rotatable bonds is 0. The van der Waals surface area contributed by atoms with Crippen molar-refractivity contribution in [1.82, 2.24) is 5.32 Å². The summed E-state index contributed by atoms with van der Waals surface area (Å²) < 4.78 is 0. The first-order valence-corrected chi connectivity index (χ1v) is 3.62. The normalized spacial score (nSPS) is 41.6. The number of piperidine rings is 1. The maximum atomic E-state index is 11.1. The van der Waals surface area contributed by atoms with Crippen molar-refractivity contribution in [2.45, 2.75) is 12.8 Å². The van der Waals surface area contributed by atoms with E-state index >= 15 is 0 Å². The highest BCUT2D eigenvalue weighted by atomic mass is 16.1. The van der Waals surface area contributed by atoms with Crippen LogP contribution in [0.25, 0.3) is 0 Å². The molecule has 0 aromatic heterocycles. The first kappa shape index (κ1) is 5.42. The maximum absolute atomic E-state index is 11.1. The Kier molecular flexibility index (Phi) is 1.09. The van der Waals surface area contributed by atoms with E-state index in [1.165, 1.54) is 0 Å². The Bertz CT molecular complexity index is 126. The number of Topliss-reactive ketones (excluding diaryl/α,β-unsaturated/α-hetero) is 1. The van der Waals surface area contributed by atoms with Gasteiger partial charge in [-0.2, -0.15) is 0 Å². The Morgan fingerprint density at radius 2 is 1.78 bits per heavy atom. The SMILES string of the molecule is O=C1[C@@H]2CC[C@@H]1CNC2. The quantitative estimate of drug-likeness (QED) is 0.500. The fourth-order valence-corrected chi connectivity index (χ4v) is 1.86. The molecule has 2 heteroatoms. The maximum Gasteiger partial charge on any atom is 0.141 e. The summed E-state index contributed by atoms with van der Waals surface area (Å²) in [5.41, 5.74) is 0. The van der Waals surface area contributed by atoms with Crippen LogP contribution in [0, 0.1) is 11.8 Å². The summed E-state index contributed by atoms with van der Waals surface area (Å²) in [5, 5.41) is 3.26. The molecule has 0 aromatic rings. The molecule has 1 aliphatic carbocycles. The van der Waals surface area contributed by atoms with Gasteiger partial charge in [0.2, 0.25) is 0 Å². The summed E-state index contributed by atoms with van der Waals surface area (Å²) in [4.78, 5) is 11.1. The molecular weight excluding hydrogens is 114 g/mol. The van der Waals surface area contributed by atoms with Crippen LogP contribution in [0.5, 0.6) is 0 Å². The summed E-state index contributed by atoms with van der Waals surface area (Å²) >= 11 is 0. The van der Waals surface area contributed by atoms with E-state index in [0.29, 0.717) is 17.6 Å². The summed E-state index contributed by atoms with van der Waals surface area (Å²) in [6.07, 6.45) is 2.27. The zero-order valence-electron chi connectivity index (χ0n) is 5.39. The van der Waals surface area contributed by atoms with Crippen molar-refractivity contribution < 1.29 is 4.79 Å². The van der Waals surface area contributed by atoms with Crippen LogP contribution in [0.15, 0.2) is 0 Å². The molecule has 2 aliphatic rings. The van der Waals surface area contributed by atoms with Gasteiger partial charge in [-0.1, -0.05) is 0 Å². The highest BCUT2D eigenvalue weighted by Crippen LogP contribution is 2.29. The highest BCUT2D eigenvalue weighted by Gasteiger charge is 2.36. The molecule has 2 nitrogen and oxygen atoms in total. The fourth-order valence-electron chi connectivity index (χ4n) is 1.86. The lowest BCUT2D eigenvalue weighted by Crippen LogP contribution is -2.38. The Morgan fingerprint density at radius 3 is 2.22 bits per heavy atom. The van der Waals surface area contributed by atoms with Crippen molar-refractivity contribution in [2.24, 2.45) is 11.8 Å². The van der Waals surface area contributed by atoms with Gasteiger partial charge in [0.15, 0.2) is 0 Å². The van der Waals surface area contributed by atoms with Crippen LogP contribution >= 0.6 is 0 Å². The van der Waals surface area contributed by atoms with E-state index in [2.05, 4.69) is 5.32 Å². The predicted molar refractivity (Wildman–Crippen MR) is 34.1 cm³/mol. The molecule has 0 radical (unpaired) electrons. The van der Waals surface area contributed by atoms with E-state index in [4.69, 9.17) is 0 Å². The van der Waals surface area contributed by atoms with Gasteiger partial charge in [0.25, 0.3) is 0 Å². The molecule has 2 atom stereocenters. The minimum Gasteiger partial charge on any atom is -0.315 e. The minimum atomic E-state index is 0.378. The summed E-state index contributed by atoms with van der Waals surface area (Å²) in [6.45, 7) is 1.88. The van der Waals surface area contributed by atoms with Crippen molar-refractivity contribution in [1.29, 1.82) is 0 Å². The van der Waals surface area contributed by atoms with Gasteiger partial charge in [0.05, 0.1) is 0 Å². The largest absolute Gasteiger partial charge is 0.315 e. The smallest absolute Gasteiger partial charge is 0.141 e. The van der Waals surface area contributed by atoms with Gasteiger partial charge < -0.3 is 5.32 Å². The van der Waals surface area contributed by atoms with Crippen LogP contribution in [-0.4, -0.2) is 18.9 Å². The molecule has 2 bridgehead atoms. The molecule has 50 valence electrons. The Morgan fingerprint density at radius 1 is 1.22 bits per heavy atom. The Hall–Kier alpha value is -0.370. The second-order valence-electron chi connectivity index (χ2n) is 3.03. The number of ketones is 1. The molecule has 1 aliphatic heterocycles. The molecule has 0 aromatic carbocycles. The van der Waals surface area contributed by atoms with Crippen molar-refractivity contribution in [3.05, 3.63) is 0 Å². The molecule has 1 heterocycles. The first-order valence-electron chi connectivity index (χ1n) is 3.62. The standard InChI is InChI=1S/C7H11NO/c9-7-5-1-2-6(7)4-8-3-5/h5-6,8H,1-4H2/t5-,6-/m1/s1. The number of carbonyl (C=O) groups excluding carboxylic acids is 1. The summed E-state index contributed by atoms with van der Waals surface area (Å²) in [7, 11) is 0. The van der Waals surface area contributed by atoms with Gasteiger partial charge in [0, 0.05) is 24.9 Å². The highest BCUT2D eigenvalue weighted by molar-refractivity contribution is 5.86. The summed E-state index contributed by atoms with van der Waals surface area (Å²) in [6, 6.07) is 0. The van der Waals surface area contributed by atoms with E-state index < -0.39 is 0 Å². The zero-order valence-corrected chi connectivity index (χ0v) is 5.39. The molecule has 0 spiro atoms. The van der Waals surface area contributed by atoms with Gasteiger partial charge in [-0.3, -0.25) is 4.79 Å². The van der Waals surface area contributed by atoms with Crippen LogP contribution < -0.4 is 5.32 Å². The van der Waals surface area contributed by atoms with E-state index in [0.717, 1.165) is 25.9 Å². The van der Waals surface area contributed by atoms with E-state index in [1.807, 2.05) is 0 Å². The predicted octanol–water partition coefficient (Wildman–Crippen LogP) is 0.185. The molecule has 1 saturated heterocycles. The molecule has 0 amide bonds. The average Bonchev–Trinajstić information content (AvgIpc) is 2.19. The van der Waals surface area contributed by atoms with E-state index in [1.54, 1.807) is 0 Å². The van der Waals surface area contributed by atoms with Gasteiger partial charge >= 0.3 is 0 Å². The summed E-state index contributed by atoms with van der Waals surface area (Å²) in [5.74, 6) is 1.28. The molecule has 1 N–H and O–H groups in total. The number of hydrogen-bond donors (Lipinski definition) is 1. The average molecular weight is 125 g/mol. The van der Waals surface area contributed by atoms with E-state index in [9.17, 15) is 4.79 Å². The second kappa shape index (κ2) is 1.81. The van der Waals surface area contributed by atoms with Gasteiger partial charge in [-0.05, 0) is 12.8 Å². The fraction of sp³-hybridized carbons (Fsp3) is 0.857. The van der Waals surface area contributed by atoms with Gasteiger partial charge in [-0.25, -0.2) is 0 Å². The first-order chi connectivity index (χ1) is 4.38. The lowest BCUT2D eigenvalue weighted by atomic mass is 9.99. The van der Waals surface area contributed by atoms with Crippen LogP contribution in [-0.2, 0) is 4.79 Å². The number of nitrogens with one attached hydrogen (secondary N) is 1. The van der Waals surface area contributed by atoms with Crippen molar-refractivity contribution in [3.63, 3.8) is 0 Å². The molecular formula is C7H11NO. The molecule has 2 fully saturated rings. The van der Waals surface area contributed by atoms with Crippen LogP contribution in [0.1, 0.15) is 12.8 Å². The number of carbonyl (C=O) groups is 1. The van der Waals surface area contributed by atoms with Crippen molar-refractivity contribution >= 4 is 5.78 Å². The molecule has 1 saturated carbocycles. The third-order valence-electron chi connectivity index (χ3n) is 2.45. The Balaban J connectivity index is 2.19. The van der Waals surface area contributed by atoms with Gasteiger partial charge in [-0.15, -0.1) is 0 Å². The Labute approximate surface area is 54.6 Å². The van der Waals surface area contributed by atoms with Crippen molar-refractivity contribution in [2.75, 3.05) is 13.1 Å². The zero-order chi connectivity index (χ0) is 6.27. The second-order valence-corrected chi connectivity index (χ2v) is 3.03. The van der Waals surface area contributed by atoms with Crippen LogP contribution in [0.4, 0.5) is 0 Å². The van der Waals surface area contributed by atoms with Crippen LogP contribution in [0.2, 0.25) is 0 Å². The molecule has 2 rings (SSSR count). The minimum absolute atomic E-state index is 0.378. The lowest BCUT2D eigenvalue weighted by molar-refractivity contribution is -0.124. The number of fused-ring (bicyclic) bond motifs is 2. The van der Waals surface area contributed by atoms with E-state index in [-0.39, 0.29) is 0 Å².